The van der Waals surface area contributed by atoms with Crippen LogP contribution in [0.1, 0.15) is 25.3 Å². The number of rotatable bonds is 5. The first-order valence-electron chi connectivity index (χ1n) is 6.37. The quantitative estimate of drug-likeness (QED) is 0.908. The summed E-state index contributed by atoms with van der Waals surface area (Å²) < 4.78 is 1.05. The van der Waals surface area contributed by atoms with Gasteiger partial charge in [0.1, 0.15) is 0 Å². The first-order chi connectivity index (χ1) is 8.61. The Bertz CT molecular complexity index is 432. The highest BCUT2D eigenvalue weighted by atomic mass is 79.9. The van der Waals surface area contributed by atoms with Crippen molar-refractivity contribution in [2.45, 2.75) is 32.4 Å². The van der Waals surface area contributed by atoms with Crippen molar-refractivity contribution in [1.82, 2.24) is 4.90 Å². The lowest BCUT2D eigenvalue weighted by atomic mass is 10.1. The molecule has 1 saturated carbocycles. The molecule has 1 aliphatic carbocycles. The molecule has 1 aromatic rings. The standard InChI is InChI=1S/C14H19BrN2O/c1-10(8-16)14(18)17(13-5-6-13)9-11-3-2-4-12(15)7-11/h2-4,7,10,13H,5-6,8-9,16H2,1H3. The highest BCUT2D eigenvalue weighted by molar-refractivity contribution is 9.10. The van der Waals surface area contributed by atoms with Crippen LogP contribution in [0.3, 0.4) is 0 Å². The molecular weight excluding hydrogens is 292 g/mol. The number of hydrogen-bond donors (Lipinski definition) is 1. The Balaban J connectivity index is 2.09. The second-order valence-electron chi connectivity index (χ2n) is 4.96. The van der Waals surface area contributed by atoms with Crippen molar-refractivity contribution in [3.63, 3.8) is 0 Å². The zero-order valence-corrected chi connectivity index (χ0v) is 12.2. The van der Waals surface area contributed by atoms with Crippen LogP contribution in [0, 0.1) is 5.92 Å². The fourth-order valence-corrected chi connectivity index (χ4v) is 2.44. The first kappa shape index (κ1) is 13.6. The van der Waals surface area contributed by atoms with Gasteiger partial charge >= 0.3 is 0 Å². The van der Waals surface area contributed by atoms with Crippen molar-refractivity contribution in [2.75, 3.05) is 6.54 Å². The minimum atomic E-state index is -0.0854. The zero-order valence-electron chi connectivity index (χ0n) is 10.6. The van der Waals surface area contributed by atoms with E-state index in [4.69, 9.17) is 5.73 Å². The monoisotopic (exact) mass is 310 g/mol. The Hall–Kier alpha value is -0.870. The summed E-state index contributed by atoms with van der Waals surface area (Å²) in [6.45, 7) is 3.01. The summed E-state index contributed by atoms with van der Waals surface area (Å²) in [6.07, 6.45) is 2.24. The highest BCUT2D eigenvalue weighted by Crippen LogP contribution is 2.30. The van der Waals surface area contributed by atoms with Gasteiger partial charge in [-0.1, -0.05) is 35.0 Å². The fourth-order valence-electron chi connectivity index (χ4n) is 1.99. The maximum absolute atomic E-state index is 12.3. The van der Waals surface area contributed by atoms with Crippen molar-refractivity contribution in [3.05, 3.63) is 34.3 Å². The Labute approximate surface area is 116 Å². The summed E-state index contributed by atoms with van der Waals surface area (Å²) in [4.78, 5) is 14.3. The average Bonchev–Trinajstić information content (AvgIpc) is 3.18. The smallest absolute Gasteiger partial charge is 0.227 e. The fraction of sp³-hybridized carbons (Fsp3) is 0.500. The normalized spacial score (nSPS) is 16.4. The Morgan fingerprint density at radius 2 is 2.28 bits per heavy atom. The average molecular weight is 311 g/mol. The van der Waals surface area contributed by atoms with E-state index in [9.17, 15) is 4.79 Å². The molecule has 2 N–H and O–H groups in total. The van der Waals surface area contributed by atoms with Crippen LogP contribution in [0.25, 0.3) is 0 Å². The zero-order chi connectivity index (χ0) is 13.1. The third kappa shape index (κ3) is 3.33. The van der Waals surface area contributed by atoms with Gasteiger partial charge in [0, 0.05) is 29.5 Å². The van der Waals surface area contributed by atoms with Gasteiger partial charge in [-0.2, -0.15) is 0 Å². The van der Waals surface area contributed by atoms with E-state index in [2.05, 4.69) is 28.1 Å². The minimum Gasteiger partial charge on any atom is -0.335 e. The van der Waals surface area contributed by atoms with Gasteiger partial charge in [0.25, 0.3) is 0 Å². The molecule has 4 heteroatoms. The lowest BCUT2D eigenvalue weighted by molar-refractivity contribution is -0.135. The Morgan fingerprint density at radius 1 is 1.56 bits per heavy atom. The number of benzene rings is 1. The summed E-state index contributed by atoms with van der Waals surface area (Å²) in [7, 11) is 0. The number of nitrogens with two attached hydrogens (primary N) is 1. The van der Waals surface area contributed by atoms with Crippen molar-refractivity contribution in [3.8, 4) is 0 Å². The molecule has 0 bridgehead atoms. The molecular formula is C14H19BrN2O. The van der Waals surface area contributed by atoms with Crippen molar-refractivity contribution < 1.29 is 4.79 Å². The molecule has 0 spiro atoms. The first-order valence-corrected chi connectivity index (χ1v) is 7.16. The molecule has 0 saturated heterocycles. The molecule has 0 aliphatic heterocycles. The summed E-state index contributed by atoms with van der Waals surface area (Å²) in [5, 5.41) is 0. The largest absolute Gasteiger partial charge is 0.335 e. The third-order valence-electron chi connectivity index (χ3n) is 3.29. The number of amides is 1. The lowest BCUT2D eigenvalue weighted by Crippen LogP contribution is -2.38. The Kier molecular flexibility index (Phi) is 4.40. The van der Waals surface area contributed by atoms with Crippen LogP contribution in [-0.2, 0) is 11.3 Å². The van der Waals surface area contributed by atoms with Crippen LogP contribution in [0.2, 0.25) is 0 Å². The molecule has 1 aliphatic rings. The number of carbonyl (C=O) groups is 1. The maximum atomic E-state index is 12.3. The van der Waals surface area contributed by atoms with E-state index in [0.717, 1.165) is 22.9 Å². The molecule has 98 valence electrons. The van der Waals surface area contributed by atoms with Gasteiger partial charge in [-0.15, -0.1) is 0 Å². The van der Waals surface area contributed by atoms with Gasteiger partial charge in [-0.25, -0.2) is 0 Å². The summed E-state index contributed by atoms with van der Waals surface area (Å²) in [5.41, 5.74) is 6.75. The van der Waals surface area contributed by atoms with Crippen molar-refractivity contribution in [2.24, 2.45) is 11.7 Å². The van der Waals surface area contributed by atoms with Crippen LogP contribution < -0.4 is 5.73 Å². The molecule has 18 heavy (non-hydrogen) atoms. The summed E-state index contributed by atoms with van der Waals surface area (Å²) in [6, 6.07) is 8.54. The third-order valence-corrected chi connectivity index (χ3v) is 3.78. The van der Waals surface area contributed by atoms with E-state index in [1.165, 1.54) is 0 Å². The molecule has 0 heterocycles. The molecule has 1 aromatic carbocycles. The SMILES string of the molecule is CC(CN)C(=O)N(Cc1cccc(Br)c1)C1CC1. The molecule has 3 nitrogen and oxygen atoms in total. The van der Waals surface area contributed by atoms with E-state index in [0.29, 0.717) is 19.1 Å². The molecule has 1 unspecified atom stereocenters. The topological polar surface area (TPSA) is 46.3 Å². The molecule has 2 rings (SSSR count). The van der Waals surface area contributed by atoms with Crippen molar-refractivity contribution >= 4 is 21.8 Å². The highest BCUT2D eigenvalue weighted by Gasteiger charge is 2.34. The number of hydrogen-bond acceptors (Lipinski definition) is 2. The molecule has 1 amide bonds. The second-order valence-corrected chi connectivity index (χ2v) is 5.88. The van der Waals surface area contributed by atoms with Crippen LogP contribution >= 0.6 is 15.9 Å². The van der Waals surface area contributed by atoms with Gasteiger partial charge in [0.05, 0.1) is 0 Å². The van der Waals surface area contributed by atoms with Crippen LogP contribution in [-0.4, -0.2) is 23.4 Å². The van der Waals surface area contributed by atoms with Gasteiger partial charge in [0.2, 0.25) is 5.91 Å². The molecule has 1 atom stereocenters. The second kappa shape index (κ2) is 5.85. The maximum Gasteiger partial charge on any atom is 0.227 e. The van der Waals surface area contributed by atoms with Crippen LogP contribution in [0.4, 0.5) is 0 Å². The van der Waals surface area contributed by atoms with Gasteiger partial charge < -0.3 is 10.6 Å². The predicted octanol–water partition coefficient (Wildman–Crippen LogP) is 2.53. The summed E-state index contributed by atoms with van der Waals surface area (Å²) >= 11 is 3.46. The number of halogens is 1. The van der Waals surface area contributed by atoms with E-state index < -0.39 is 0 Å². The summed E-state index contributed by atoms with van der Waals surface area (Å²) in [5.74, 6) is 0.0951. The number of nitrogens with zero attached hydrogens (tertiary/aromatic N) is 1. The number of carbonyl (C=O) groups excluding carboxylic acids is 1. The van der Waals surface area contributed by atoms with E-state index in [-0.39, 0.29) is 11.8 Å². The van der Waals surface area contributed by atoms with Crippen LogP contribution in [0.15, 0.2) is 28.7 Å². The van der Waals surface area contributed by atoms with Gasteiger partial charge in [-0.3, -0.25) is 4.79 Å². The van der Waals surface area contributed by atoms with E-state index >= 15 is 0 Å². The van der Waals surface area contributed by atoms with Crippen molar-refractivity contribution in [1.29, 1.82) is 0 Å². The molecule has 1 fully saturated rings. The van der Waals surface area contributed by atoms with E-state index in [1.807, 2.05) is 24.0 Å². The molecule has 0 aromatic heterocycles. The minimum absolute atomic E-state index is 0.0854. The lowest BCUT2D eigenvalue weighted by Gasteiger charge is -2.25. The van der Waals surface area contributed by atoms with Gasteiger partial charge in [-0.05, 0) is 30.5 Å². The molecule has 0 radical (unpaired) electrons. The Morgan fingerprint density at radius 3 is 2.83 bits per heavy atom. The van der Waals surface area contributed by atoms with E-state index in [1.54, 1.807) is 0 Å². The van der Waals surface area contributed by atoms with Gasteiger partial charge in [0.15, 0.2) is 0 Å². The van der Waals surface area contributed by atoms with Crippen LogP contribution in [0.5, 0.6) is 0 Å². The predicted molar refractivity (Wildman–Crippen MR) is 75.9 cm³/mol.